The summed E-state index contributed by atoms with van der Waals surface area (Å²) in [5.74, 6) is -1.65. The fourth-order valence-electron chi connectivity index (χ4n) is 1.03. The molecule has 0 amide bonds. The minimum absolute atomic E-state index is 0.0566. The zero-order chi connectivity index (χ0) is 11.4. The summed E-state index contributed by atoms with van der Waals surface area (Å²) in [4.78, 5) is 22.0. The Bertz CT molecular complexity index is 382. The molecule has 0 saturated carbocycles. The smallest absolute Gasteiger partial charge is 0.338 e. The van der Waals surface area contributed by atoms with Crippen LogP contribution < -0.4 is 0 Å². The molecule has 0 spiro atoms. The summed E-state index contributed by atoms with van der Waals surface area (Å²) in [5, 5.41) is 8.71. The summed E-state index contributed by atoms with van der Waals surface area (Å²) in [6.45, 7) is 5.13. The van der Waals surface area contributed by atoms with Crippen molar-refractivity contribution in [2.45, 2.75) is 13.0 Å². The van der Waals surface area contributed by atoms with Crippen LogP contribution in [0.4, 0.5) is 0 Å². The molecule has 0 aromatic heterocycles. The molecular formula is C11H11O4. The number of carboxylic acid groups (broad SMARTS) is 1. The number of hydrogen-bond donors (Lipinski definition) is 1. The molecule has 1 radical (unpaired) electrons. The Morgan fingerprint density at radius 2 is 2.00 bits per heavy atom. The first-order valence-electron chi connectivity index (χ1n) is 4.38. The maximum Gasteiger partial charge on any atom is 0.338 e. The zero-order valence-electron chi connectivity index (χ0n) is 8.27. The Balaban J connectivity index is 2.90. The fourth-order valence-corrected chi connectivity index (χ4v) is 1.03. The fraction of sp³-hybridized carbons (Fsp3) is 0.182. The second-order valence-corrected chi connectivity index (χ2v) is 3.10. The summed E-state index contributed by atoms with van der Waals surface area (Å²) >= 11 is 0. The second kappa shape index (κ2) is 4.59. The summed E-state index contributed by atoms with van der Waals surface area (Å²) in [7, 11) is 0. The third kappa shape index (κ3) is 3.09. The second-order valence-electron chi connectivity index (χ2n) is 3.10. The quantitative estimate of drug-likeness (QED) is 0.767. The lowest BCUT2D eigenvalue weighted by Crippen LogP contribution is -2.12. The van der Waals surface area contributed by atoms with Crippen molar-refractivity contribution in [2.75, 3.05) is 0 Å². The van der Waals surface area contributed by atoms with Crippen LogP contribution in [0.1, 0.15) is 27.6 Å². The van der Waals surface area contributed by atoms with Gasteiger partial charge in [0.1, 0.15) is 0 Å². The summed E-state index contributed by atoms with van der Waals surface area (Å²) in [6, 6.07) is 5.67. The van der Waals surface area contributed by atoms with Gasteiger partial charge >= 0.3 is 11.9 Å². The molecule has 79 valence electrons. The van der Waals surface area contributed by atoms with E-state index in [2.05, 4.69) is 6.92 Å². The van der Waals surface area contributed by atoms with Gasteiger partial charge in [0.15, 0.2) is 0 Å². The number of esters is 1. The molecule has 0 fully saturated rings. The van der Waals surface area contributed by atoms with Crippen LogP contribution in [0.15, 0.2) is 24.3 Å². The van der Waals surface area contributed by atoms with Crippen LogP contribution in [0.5, 0.6) is 0 Å². The predicted molar refractivity (Wildman–Crippen MR) is 53.6 cm³/mol. The number of ether oxygens (including phenoxy) is 1. The van der Waals surface area contributed by atoms with Gasteiger partial charge in [-0.25, -0.2) is 9.59 Å². The first-order valence-corrected chi connectivity index (χ1v) is 4.38. The number of aromatic carboxylic acids is 1. The van der Waals surface area contributed by atoms with E-state index in [1.54, 1.807) is 6.92 Å². The van der Waals surface area contributed by atoms with Crippen LogP contribution in [-0.2, 0) is 4.74 Å². The number of benzene rings is 1. The van der Waals surface area contributed by atoms with Gasteiger partial charge in [-0.15, -0.1) is 0 Å². The molecule has 1 unspecified atom stereocenters. The van der Waals surface area contributed by atoms with Gasteiger partial charge in [0, 0.05) is 0 Å². The lowest BCUT2D eigenvalue weighted by atomic mass is 10.1. The number of carboxylic acids is 1. The average Bonchev–Trinajstić information content (AvgIpc) is 2.17. The number of rotatable bonds is 3. The van der Waals surface area contributed by atoms with Crippen molar-refractivity contribution < 1.29 is 19.4 Å². The topological polar surface area (TPSA) is 63.6 Å². The largest absolute Gasteiger partial charge is 0.478 e. The Hall–Kier alpha value is -1.84. The highest BCUT2D eigenvalue weighted by molar-refractivity contribution is 5.94. The van der Waals surface area contributed by atoms with Crippen molar-refractivity contribution in [2.24, 2.45) is 0 Å². The zero-order valence-corrected chi connectivity index (χ0v) is 8.27. The Morgan fingerprint density at radius 3 is 2.53 bits per heavy atom. The highest BCUT2D eigenvalue weighted by Crippen LogP contribution is 2.08. The van der Waals surface area contributed by atoms with Crippen molar-refractivity contribution in [1.82, 2.24) is 0 Å². The van der Waals surface area contributed by atoms with Crippen LogP contribution in [0.25, 0.3) is 0 Å². The number of carbonyl (C=O) groups is 2. The van der Waals surface area contributed by atoms with Gasteiger partial charge in [-0.2, -0.15) is 0 Å². The predicted octanol–water partition coefficient (Wildman–Crippen LogP) is 1.76. The van der Waals surface area contributed by atoms with Crippen molar-refractivity contribution >= 4 is 11.9 Å². The normalized spacial score (nSPS) is 10.1. The molecule has 1 atom stereocenters. The third-order valence-electron chi connectivity index (χ3n) is 1.65. The van der Waals surface area contributed by atoms with E-state index in [1.165, 1.54) is 24.3 Å². The van der Waals surface area contributed by atoms with E-state index in [-0.39, 0.29) is 11.1 Å². The van der Waals surface area contributed by atoms with E-state index in [1.807, 2.05) is 0 Å². The minimum Gasteiger partial charge on any atom is -0.478 e. The molecule has 0 saturated heterocycles. The van der Waals surface area contributed by atoms with E-state index in [0.29, 0.717) is 0 Å². The molecular weight excluding hydrogens is 196 g/mol. The van der Waals surface area contributed by atoms with E-state index in [0.717, 1.165) is 0 Å². The maximum absolute atomic E-state index is 11.4. The van der Waals surface area contributed by atoms with Gasteiger partial charge in [-0.05, 0) is 32.0 Å². The Kier molecular flexibility index (Phi) is 3.44. The molecule has 0 heterocycles. The summed E-state index contributed by atoms with van der Waals surface area (Å²) < 4.78 is 4.83. The van der Waals surface area contributed by atoms with Crippen LogP contribution in [0.3, 0.4) is 0 Å². The van der Waals surface area contributed by atoms with E-state index in [9.17, 15) is 9.59 Å². The molecule has 4 heteroatoms. The molecule has 1 aromatic carbocycles. The monoisotopic (exact) mass is 207 g/mol. The van der Waals surface area contributed by atoms with Gasteiger partial charge in [-0.3, -0.25) is 0 Å². The Morgan fingerprint density at radius 1 is 1.40 bits per heavy atom. The molecule has 0 aliphatic carbocycles. The highest BCUT2D eigenvalue weighted by Gasteiger charge is 2.11. The van der Waals surface area contributed by atoms with Crippen LogP contribution in [0, 0.1) is 6.92 Å². The van der Waals surface area contributed by atoms with Crippen molar-refractivity contribution in [3.63, 3.8) is 0 Å². The highest BCUT2D eigenvalue weighted by atomic mass is 16.5. The van der Waals surface area contributed by atoms with Crippen LogP contribution >= 0.6 is 0 Å². The molecule has 0 bridgehead atoms. The maximum atomic E-state index is 11.4. The molecule has 15 heavy (non-hydrogen) atoms. The van der Waals surface area contributed by atoms with E-state index in [4.69, 9.17) is 9.84 Å². The summed E-state index contributed by atoms with van der Waals surface area (Å²) in [5.41, 5.74) is 0.270. The first kappa shape index (κ1) is 11.2. The van der Waals surface area contributed by atoms with Gasteiger partial charge < -0.3 is 9.84 Å². The molecule has 1 aromatic rings. The van der Waals surface area contributed by atoms with Gasteiger partial charge in [0.05, 0.1) is 17.2 Å². The number of hydrogen-bond acceptors (Lipinski definition) is 3. The lowest BCUT2D eigenvalue weighted by molar-refractivity contribution is 0.0420. The average molecular weight is 207 g/mol. The van der Waals surface area contributed by atoms with Crippen LogP contribution in [0.2, 0.25) is 0 Å². The van der Waals surface area contributed by atoms with Crippen molar-refractivity contribution in [3.8, 4) is 0 Å². The summed E-state index contributed by atoms with van der Waals surface area (Å²) in [6.07, 6.45) is -0.467. The lowest BCUT2D eigenvalue weighted by Gasteiger charge is -2.07. The molecule has 1 N–H and O–H groups in total. The SMILES string of the molecule is [CH2]C(C)OC(=O)c1cccc(C(=O)O)c1. The van der Waals surface area contributed by atoms with Crippen LogP contribution in [-0.4, -0.2) is 23.1 Å². The van der Waals surface area contributed by atoms with Crippen molar-refractivity contribution in [3.05, 3.63) is 42.3 Å². The van der Waals surface area contributed by atoms with E-state index < -0.39 is 18.0 Å². The standard InChI is InChI=1S/C11H11O4/c1-7(2)15-11(14)9-5-3-4-8(6-9)10(12)13/h3-7H,1H2,2H3,(H,12,13). The molecule has 0 aliphatic rings. The van der Waals surface area contributed by atoms with E-state index >= 15 is 0 Å². The van der Waals surface area contributed by atoms with Gasteiger partial charge in [0.2, 0.25) is 0 Å². The molecule has 0 aliphatic heterocycles. The first-order chi connectivity index (χ1) is 7.00. The van der Waals surface area contributed by atoms with Gasteiger partial charge in [-0.1, -0.05) is 6.07 Å². The Labute approximate surface area is 87.5 Å². The van der Waals surface area contributed by atoms with Crippen molar-refractivity contribution in [1.29, 1.82) is 0 Å². The molecule has 1 rings (SSSR count). The number of carbonyl (C=O) groups excluding carboxylic acids is 1. The van der Waals surface area contributed by atoms with Gasteiger partial charge in [0.25, 0.3) is 0 Å². The molecule has 4 nitrogen and oxygen atoms in total. The third-order valence-corrected chi connectivity index (χ3v) is 1.65. The minimum atomic E-state index is -1.08.